The van der Waals surface area contributed by atoms with Gasteiger partial charge in [0.05, 0.1) is 0 Å². The van der Waals surface area contributed by atoms with Gasteiger partial charge in [-0.25, -0.2) is 0 Å². The lowest BCUT2D eigenvalue weighted by molar-refractivity contribution is 0.814. The van der Waals surface area contributed by atoms with Crippen LogP contribution in [0.3, 0.4) is 0 Å². The molecule has 0 bridgehead atoms. The van der Waals surface area contributed by atoms with Gasteiger partial charge in [0, 0.05) is 0 Å². The summed E-state index contributed by atoms with van der Waals surface area (Å²) in [5, 5.41) is 5.74. The molecule has 142 valence electrons. The van der Waals surface area contributed by atoms with Crippen LogP contribution in [0.4, 0.5) is 0 Å². The highest BCUT2D eigenvalue weighted by molar-refractivity contribution is 7.16. The fourth-order valence-corrected chi connectivity index (χ4v) is 8.91. The van der Waals surface area contributed by atoms with Crippen LogP contribution in [0.15, 0.2) is 114 Å². The maximum atomic E-state index is 2.40. The monoisotopic (exact) mass is 382 g/mol. The second-order valence-corrected chi connectivity index (χ2v) is 10.9. The molecule has 0 fully saturated rings. The highest BCUT2D eigenvalue weighted by Crippen LogP contribution is 2.19. The topological polar surface area (TPSA) is 0 Å². The Kier molecular flexibility index (Phi) is 7.22. The lowest BCUT2D eigenvalue weighted by Gasteiger charge is -2.35. The number of rotatable bonds is 8. The van der Waals surface area contributed by atoms with Gasteiger partial charge in [0.15, 0.2) is 8.07 Å². The van der Waals surface area contributed by atoms with Crippen molar-refractivity contribution >= 4 is 23.6 Å². The average Bonchev–Trinajstić information content (AvgIpc) is 2.78. The molecule has 0 aliphatic rings. The predicted octanol–water partition coefficient (Wildman–Crippen LogP) is 5.39. The van der Waals surface area contributed by atoms with E-state index in [0.717, 1.165) is 6.42 Å². The van der Waals surface area contributed by atoms with Crippen LogP contribution in [-0.2, 0) is 0 Å². The van der Waals surface area contributed by atoms with E-state index in [1.807, 2.05) is 0 Å². The number of unbranched alkanes of at least 4 members (excludes halogenated alkanes) is 2. The summed E-state index contributed by atoms with van der Waals surface area (Å²) in [7, 11) is -2.34. The molecule has 0 radical (unpaired) electrons. The maximum Gasteiger partial charge on any atom is 0.179 e. The molecule has 0 saturated carbocycles. The molecule has 0 unspecified atom stereocenters. The van der Waals surface area contributed by atoms with Crippen molar-refractivity contribution in [2.75, 3.05) is 0 Å². The van der Waals surface area contributed by atoms with Crippen molar-refractivity contribution in [3.8, 4) is 0 Å². The van der Waals surface area contributed by atoms with Crippen molar-refractivity contribution in [3.63, 3.8) is 0 Å². The van der Waals surface area contributed by atoms with E-state index < -0.39 is 8.07 Å². The molecule has 0 atom stereocenters. The smallest absolute Gasteiger partial charge is 0.0873 e. The molecule has 0 amide bonds. The zero-order chi connectivity index (χ0) is 19.7. The fourth-order valence-electron chi connectivity index (χ4n) is 4.03. The van der Waals surface area contributed by atoms with E-state index in [9.17, 15) is 0 Å². The summed E-state index contributed by atoms with van der Waals surface area (Å²) in [6.07, 6.45) is 10.7. The zero-order valence-corrected chi connectivity index (χ0v) is 18.0. The van der Waals surface area contributed by atoms with E-state index in [-0.39, 0.29) is 0 Å². The molecule has 0 N–H and O–H groups in total. The third-order valence-corrected chi connectivity index (χ3v) is 10.3. The third kappa shape index (κ3) is 4.10. The Balaban J connectivity index is 2.29. The van der Waals surface area contributed by atoms with E-state index in [2.05, 4.69) is 123 Å². The molecule has 1 heteroatoms. The van der Waals surface area contributed by atoms with Gasteiger partial charge in [-0.15, -0.1) is 0 Å². The first-order valence-corrected chi connectivity index (χ1v) is 12.3. The van der Waals surface area contributed by atoms with Gasteiger partial charge >= 0.3 is 0 Å². The molecule has 0 saturated heterocycles. The molecule has 0 aliphatic heterocycles. The lowest BCUT2D eigenvalue weighted by Crippen LogP contribution is -2.68. The highest BCUT2D eigenvalue weighted by Gasteiger charge is 2.41. The summed E-state index contributed by atoms with van der Waals surface area (Å²) in [6, 6.07) is 33.3. The van der Waals surface area contributed by atoms with Crippen LogP contribution >= 0.6 is 0 Å². The first kappa shape index (κ1) is 20.1. The molecule has 0 aromatic heterocycles. The van der Waals surface area contributed by atoms with Crippen LogP contribution in [0.5, 0.6) is 0 Å². The Labute approximate surface area is 171 Å². The Bertz CT molecular complexity index is 796. The van der Waals surface area contributed by atoms with Gasteiger partial charge in [0.1, 0.15) is 0 Å². The Morgan fingerprint density at radius 3 is 1.50 bits per heavy atom. The third-order valence-electron chi connectivity index (χ3n) is 5.39. The van der Waals surface area contributed by atoms with Gasteiger partial charge in [-0.2, -0.15) is 0 Å². The Morgan fingerprint density at radius 2 is 1.14 bits per heavy atom. The van der Waals surface area contributed by atoms with Gasteiger partial charge < -0.3 is 0 Å². The van der Waals surface area contributed by atoms with E-state index in [1.54, 1.807) is 0 Å². The second-order valence-electron chi connectivity index (χ2n) is 7.14. The minimum Gasteiger partial charge on any atom is -0.0873 e. The van der Waals surface area contributed by atoms with E-state index in [0.29, 0.717) is 0 Å². The van der Waals surface area contributed by atoms with Crippen molar-refractivity contribution in [1.29, 1.82) is 0 Å². The summed E-state index contributed by atoms with van der Waals surface area (Å²) in [5.74, 6) is 0. The molecule has 3 aromatic rings. The summed E-state index contributed by atoms with van der Waals surface area (Å²) in [4.78, 5) is 0. The second kappa shape index (κ2) is 10.1. The minimum absolute atomic E-state index is 1.14. The first-order chi connectivity index (χ1) is 13.8. The fraction of sp³-hybridized carbons (Fsp3) is 0.185. The largest absolute Gasteiger partial charge is 0.179 e. The minimum atomic E-state index is -2.34. The van der Waals surface area contributed by atoms with Crippen LogP contribution in [0.2, 0.25) is 0 Å². The highest BCUT2D eigenvalue weighted by atomic mass is 28.3. The molecular formula is C27H30Si. The number of allylic oxidation sites excluding steroid dienone is 4. The van der Waals surface area contributed by atoms with Crippen molar-refractivity contribution in [2.24, 2.45) is 0 Å². The van der Waals surface area contributed by atoms with E-state index >= 15 is 0 Å². The lowest BCUT2D eigenvalue weighted by atomic mass is 10.2. The summed E-state index contributed by atoms with van der Waals surface area (Å²) < 4.78 is 0. The summed E-state index contributed by atoms with van der Waals surface area (Å²) >= 11 is 0. The van der Waals surface area contributed by atoms with Gasteiger partial charge in [-0.3, -0.25) is 0 Å². The molecule has 28 heavy (non-hydrogen) atoms. The van der Waals surface area contributed by atoms with E-state index in [4.69, 9.17) is 0 Å². The maximum absolute atomic E-state index is 2.40. The van der Waals surface area contributed by atoms with Gasteiger partial charge in [-0.05, 0) is 34.1 Å². The summed E-state index contributed by atoms with van der Waals surface area (Å²) in [6.45, 7) is 4.44. The zero-order valence-electron chi connectivity index (χ0n) is 17.0. The standard InChI is InChI=1S/C27H30Si/c1-3-5-6-10-17-24(4-2)28(25-18-11-7-12-19-25,26-20-13-8-14-21-26)27-22-15-9-16-23-27/h4,7-23H,3,5-6H2,1-2H3/b17-10+,24-4-. The molecule has 0 heterocycles. The first-order valence-electron chi connectivity index (χ1n) is 10.3. The SMILES string of the molecule is C/C=C(/C=C/CCCC)[Si](c1ccccc1)(c1ccccc1)c1ccccc1. The summed E-state index contributed by atoms with van der Waals surface area (Å²) in [5.41, 5.74) is 0. The Morgan fingerprint density at radius 1 is 0.714 bits per heavy atom. The van der Waals surface area contributed by atoms with Crippen LogP contribution in [-0.4, -0.2) is 8.07 Å². The van der Waals surface area contributed by atoms with E-state index in [1.165, 1.54) is 33.6 Å². The van der Waals surface area contributed by atoms with Crippen molar-refractivity contribution in [1.82, 2.24) is 0 Å². The van der Waals surface area contributed by atoms with Crippen molar-refractivity contribution < 1.29 is 0 Å². The molecule has 0 nitrogen and oxygen atoms in total. The van der Waals surface area contributed by atoms with Gasteiger partial charge in [0.25, 0.3) is 0 Å². The number of benzene rings is 3. The predicted molar refractivity (Wildman–Crippen MR) is 126 cm³/mol. The average molecular weight is 383 g/mol. The number of hydrogen-bond donors (Lipinski definition) is 0. The van der Waals surface area contributed by atoms with Crippen LogP contribution in [0, 0.1) is 0 Å². The molecule has 0 spiro atoms. The Hall–Kier alpha value is -2.64. The van der Waals surface area contributed by atoms with Gasteiger partial charge in [0.2, 0.25) is 0 Å². The van der Waals surface area contributed by atoms with Crippen LogP contribution in [0.25, 0.3) is 0 Å². The molecule has 3 aromatic carbocycles. The molecular weight excluding hydrogens is 352 g/mol. The van der Waals surface area contributed by atoms with Gasteiger partial charge in [-0.1, -0.05) is 129 Å². The molecule has 0 aliphatic carbocycles. The van der Waals surface area contributed by atoms with Crippen molar-refractivity contribution in [2.45, 2.75) is 33.1 Å². The van der Waals surface area contributed by atoms with Crippen LogP contribution < -0.4 is 15.6 Å². The number of hydrogen-bond acceptors (Lipinski definition) is 0. The van der Waals surface area contributed by atoms with Crippen molar-refractivity contribution in [3.05, 3.63) is 114 Å². The molecule has 3 rings (SSSR count). The normalized spacial score (nSPS) is 12.4. The van der Waals surface area contributed by atoms with Crippen LogP contribution in [0.1, 0.15) is 33.1 Å². The quantitative estimate of drug-likeness (QED) is 0.212.